The van der Waals surface area contributed by atoms with Crippen LogP contribution in [0.15, 0.2) is 60.7 Å². The second kappa shape index (κ2) is 8.44. The van der Waals surface area contributed by atoms with E-state index in [1.807, 2.05) is 11.5 Å². The zero-order valence-electron chi connectivity index (χ0n) is 12.8. The van der Waals surface area contributed by atoms with E-state index < -0.39 is 23.8 Å². The molecule has 0 unspecified atom stereocenters. The molecule has 0 aliphatic rings. The van der Waals surface area contributed by atoms with Crippen molar-refractivity contribution in [3.8, 4) is 0 Å². The van der Waals surface area contributed by atoms with Crippen LogP contribution in [0, 0.1) is 0 Å². The lowest BCUT2D eigenvalue weighted by molar-refractivity contribution is -0.122. The van der Waals surface area contributed by atoms with Crippen molar-refractivity contribution in [3.05, 3.63) is 71.8 Å². The average molecular weight is 327 g/mol. The lowest BCUT2D eigenvalue weighted by Gasteiger charge is -2.16. The number of hydrogen-bond donors (Lipinski definition) is 3. The Morgan fingerprint density at radius 1 is 0.958 bits per heavy atom. The van der Waals surface area contributed by atoms with Gasteiger partial charge < -0.3 is 10.1 Å². The van der Waals surface area contributed by atoms with Gasteiger partial charge in [-0.3, -0.25) is 15.0 Å². The number of ketones is 1. The SMILES string of the molecule is NNC(=O)[C@@H](NC(=O)OCc1ccccc1)C(=O)c1ccccc1. The van der Waals surface area contributed by atoms with Crippen molar-refractivity contribution in [2.24, 2.45) is 5.84 Å². The molecule has 0 aromatic heterocycles. The zero-order chi connectivity index (χ0) is 17.4. The smallest absolute Gasteiger partial charge is 0.408 e. The maximum atomic E-state index is 12.4. The van der Waals surface area contributed by atoms with E-state index in [0.717, 1.165) is 5.56 Å². The summed E-state index contributed by atoms with van der Waals surface area (Å²) in [6.07, 6.45) is -0.892. The fourth-order valence-corrected chi connectivity index (χ4v) is 1.99. The minimum absolute atomic E-state index is 0.0170. The Kier molecular flexibility index (Phi) is 6.04. The Morgan fingerprint density at radius 3 is 2.12 bits per heavy atom. The van der Waals surface area contributed by atoms with E-state index in [1.54, 1.807) is 42.5 Å². The first-order valence-corrected chi connectivity index (χ1v) is 7.18. The average Bonchev–Trinajstić information content (AvgIpc) is 2.65. The second-order valence-corrected chi connectivity index (χ2v) is 4.88. The number of carbonyl (C=O) groups is 3. The number of carbonyl (C=O) groups excluding carboxylic acids is 3. The number of nitrogens with one attached hydrogen (secondary N) is 2. The maximum absolute atomic E-state index is 12.4. The number of hydrogen-bond acceptors (Lipinski definition) is 5. The van der Waals surface area contributed by atoms with Crippen LogP contribution in [0.1, 0.15) is 15.9 Å². The number of rotatable bonds is 6. The van der Waals surface area contributed by atoms with Crippen LogP contribution in [-0.2, 0) is 16.1 Å². The van der Waals surface area contributed by atoms with Gasteiger partial charge in [0.15, 0.2) is 11.8 Å². The van der Waals surface area contributed by atoms with E-state index in [2.05, 4.69) is 5.32 Å². The molecule has 2 aromatic rings. The van der Waals surface area contributed by atoms with E-state index in [9.17, 15) is 14.4 Å². The van der Waals surface area contributed by atoms with Gasteiger partial charge in [0.2, 0.25) is 0 Å². The van der Waals surface area contributed by atoms with Crippen molar-refractivity contribution < 1.29 is 19.1 Å². The molecule has 2 amide bonds. The van der Waals surface area contributed by atoms with Gasteiger partial charge in [-0.1, -0.05) is 60.7 Å². The summed E-state index contributed by atoms with van der Waals surface area (Å²) in [7, 11) is 0. The number of Topliss-reactive ketones (excluding diaryl/α,β-unsaturated/α-hetero) is 1. The first-order valence-electron chi connectivity index (χ1n) is 7.18. The van der Waals surface area contributed by atoms with Crippen LogP contribution >= 0.6 is 0 Å². The molecule has 7 nitrogen and oxygen atoms in total. The first kappa shape index (κ1) is 17.2. The van der Waals surface area contributed by atoms with Crippen molar-refractivity contribution in [1.82, 2.24) is 10.7 Å². The third-order valence-electron chi connectivity index (χ3n) is 3.20. The Labute approximate surface area is 138 Å². The van der Waals surface area contributed by atoms with Crippen LogP contribution < -0.4 is 16.6 Å². The fourth-order valence-electron chi connectivity index (χ4n) is 1.99. The van der Waals surface area contributed by atoms with Gasteiger partial charge >= 0.3 is 6.09 Å². The minimum Gasteiger partial charge on any atom is -0.445 e. The van der Waals surface area contributed by atoms with E-state index in [4.69, 9.17) is 10.6 Å². The molecule has 0 saturated carbocycles. The fraction of sp³-hybridized carbons (Fsp3) is 0.118. The predicted octanol–water partition coefficient (Wildman–Crippen LogP) is 1.15. The predicted molar refractivity (Wildman–Crippen MR) is 86.7 cm³/mol. The molecule has 0 spiro atoms. The Bertz CT molecular complexity index is 704. The minimum atomic E-state index is -1.47. The number of benzene rings is 2. The highest BCUT2D eigenvalue weighted by Crippen LogP contribution is 2.05. The maximum Gasteiger partial charge on any atom is 0.408 e. The molecule has 4 N–H and O–H groups in total. The van der Waals surface area contributed by atoms with Gasteiger partial charge in [-0.25, -0.2) is 10.6 Å². The molecule has 2 rings (SSSR count). The van der Waals surface area contributed by atoms with Gasteiger partial charge in [0.25, 0.3) is 5.91 Å². The van der Waals surface area contributed by atoms with Gasteiger partial charge in [-0.2, -0.15) is 0 Å². The van der Waals surface area contributed by atoms with Gasteiger partial charge in [-0.15, -0.1) is 0 Å². The monoisotopic (exact) mass is 327 g/mol. The summed E-state index contributed by atoms with van der Waals surface area (Å²) in [6, 6.07) is 15.7. The highest BCUT2D eigenvalue weighted by molar-refractivity contribution is 6.14. The van der Waals surface area contributed by atoms with E-state index in [0.29, 0.717) is 0 Å². The third kappa shape index (κ3) is 4.65. The topological polar surface area (TPSA) is 111 Å². The summed E-state index contributed by atoms with van der Waals surface area (Å²) in [6.45, 7) is 0.0170. The van der Waals surface area contributed by atoms with Gasteiger partial charge in [0, 0.05) is 5.56 Å². The normalized spacial score (nSPS) is 11.2. The number of hydrazine groups is 1. The molecule has 0 fully saturated rings. The molecule has 2 aromatic carbocycles. The summed E-state index contributed by atoms with van der Waals surface area (Å²) < 4.78 is 5.02. The summed E-state index contributed by atoms with van der Waals surface area (Å²) >= 11 is 0. The molecular weight excluding hydrogens is 310 g/mol. The van der Waals surface area contributed by atoms with Gasteiger partial charge in [0.05, 0.1) is 0 Å². The molecule has 124 valence electrons. The van der Waals surface area contributed by atoms with Crippen LogP contribution in [0.2, 0.25) is 0 Å². The Morgan fingerprint density at radius 2 is 1.54 bits per heavy atom. The van der Waals surface area contributed by atoms with Crippen molar-refractivity contribution in [3.63, 3.8) is 0 Å². The standard InChI is InChI=1S/C17H17N3O4/c18-20-16(22)14(15(21)13-9-5-2-6-10-13)19-17(23)24-11-12-7-3-1-4-8-12/h1-10,14H,11,18H2,(H,19,23)(H,20,22)/t14-/m0/s1. The second-order valence-electron chi connectivity index (χ2n) is 4.88. The summed E-state index contributed by atoms with van der Waals surface area (Å²) in [5, 5.41) is 2.23. The Hall–Kier alpha value is -3.19. The molecule has 0 aliphatic carbocycles. The number of alkyl carbamates (subject to hydrolysis) is 1. The molecule has 1 atom stereocenters. The summed E-state index contributed by atoms with van der Waals surface area (Å²) in [5.74, 6) is 3.67. The molecule has 24 heavy (non-hydrogen) atoms. The van der Waals surface area contributed by atoms with E-state index >= 15 is 0 Å². The van der Waals surface area contributed by atoms with Crippen molar-refractivity contribution in [2.45, 2.75) is 12.6 Å². The van der Waals surface area contributed by atoms with Crippen molar-refractivity contribution in [1.29, 1.82) is 0 Å². The number of amides is 2. The number of nitrogens with two attached hydrogens (primary N) is 1. The highest BCUT2D eigenvalue weighted by Gasteiger charge is 2.29. The van der Waals surface area contributed by atoms with Crippen LogP contribution in [0.4, 0.5) is 4.79 Å². The molecule has 0 bridgehead atoms. The van der Waals surface area contributed by atoms with E-state index in [1.165, 1.54) is 12.1 Å². The van der Waals surface area contributed by atoms with Crippen LogP contribution in [-0.4, -0.2) is 23.8 Å². The van der Waals surface area contributed by atoms with Crippen LogP contribution in [0.5, 0.6) is 0 Å². The van der Waals surface area contributed by atoms with Crippen molar-refractivity contribution >= 4 is 17.8 Å². The lowest BCUT2D eigenvalue weighted by atomic mass is 10.0. The largest absolute Gasteiger partial charge is 0.445 e. The number of ether oxygens (including phenoxy) is 1. The molecule has 0 heterocycles. The molecular formula is C17H17N3O4. The van der Waals surface area contributed by atoms with Crippen LogP contribution in [0.25, 0.3) is 0 Å². The Balaban J connectivity index is 2.02. The zero-order valence-corrected chi connectivity index (χ0v) is 12.8. The highest BCUT2D eigenvalue weighted by atomic mass is 16.5. The molecule has 0 aliphatic heterocycles. The summed E-state index contributed by atoms with van der Waals surface area (Å²) in [4.78, 5) is 36.1. The molecule has 0 radical (unpaired) electrons. The molecule has 0 saturated heterocycles. The van der Waals surface area contributed by atoms with E-state index in [-0.39, 0.29) is 12.2 Å². The lowest BCUT2D eigenvalue weighted by Crippen LogP contribution is -2.53. The van der Waals surface area contributed by atoms with Crippen molar-refractivity contribution in [2.75, 3.05) is 0 Å². The first-order chi connectivity index (χ1) is 11.6. The molecule has 7 heteroatoms. The quantitative estimate of drug-likeness (QED) is 0.242. The third-order valence-corrected chi connectivity index (χ3v) is 3.20. The van der Waals surface area contributed by atoms with Gasteiger partial charge in [-0.05, 0) is 5.56 Å². The van der Waals surface area contributed by atoms with Gasteiger partial charge in [0.1, 0.15) is 6.61 Å². The van der Waals surface area contributed by atoms with Crippen LogP contribution in [0.3, 0.4) is 0 Å². The summed E-state index contributed by atoms with van der Waals surface area (Å²) in [5.41, 5.74) is 2.92.